The van der Waals surface area contributed by atoms with Gasteiger partial charge in [-0.1, -0.05) is 26.3 Å². The van der Waals surface area contributed by atoms with Crippen LogP contribution in [-0.4, -0.2) is 26.7 Å². The van der Waals surface area contributed by atoms with E-state index in [9.17, 15) is 8.42 Å². The smallest absolute Gasteiger partial charge is 0.244 e. The Bertz CT molecular complexity index is 528. The van der Waals surface area contributed by atoms with Gasteiger partial charge in [-0.15, -0.1) is 0 Å². The summed E-state index contributed by atoms with van der Waals surface area (Å²) in [6.45, 7) is 3.82. The van der Waals surface area contributed by atoms with E-state index in [2.05, 4.69) is 4.72 Å². The van der Waals surface area contributed by atoms with Crippen LogP contribution in [0.3, 0.4) is 0 Å². The number of aliphatic hydroxyl groups is 1. The molecule has 2 N–H and O–H groups in total. The molecule has 0 heterocycles. The second kappa shape index (κ2) is 7.61. The van der Waals surface area contributed by atoms with Gasteiger partial charge in [0, 0.05) is 6.04 Å². The highest BCUT2D eigenvalue weighted by molar-refractivity contribution is 7.89. The molecule has 1 atom stereocenters. The summed E-state index contributed by atoms with van der Waals surface area (Å²) < 4.78 is 32.6. The fraction of sp³-hybridized carbons (Fsp3) is 0.571. The van der Waals surface area contributed by atoms with E-state index in [1.165, 1.54) is 19.2 Å². The first-order valence-corrected chi connectivity index (χ1v) is 8.26. The van der Waals surface area contributed by atoms with Gasteiger partial charge in [-0.3, -0.25) is 0 Å². The molecule has 0 aliphatic carbocycles. The van der Waals surface area contributed by atoms with E-state index >= 15 is 0 Å². The van der Waals surface area contributed by atoms with Crippen LogP contribution in [0.2, 0.25) is 0 Å². The molecule has 0 aliphatic rings. The van der Waals surface area contributed by atoms with Crippen LogP contribution in [0.4, 0.5) is 0 Å². The van der Waals surface area contributed by atoms with Gasteiger partial charge in [-0.2, -0.15) is 0 Å². The zero-order chi connectivity index (χ0) is 15.2. The van der Waals surface area contributed by atoms with Gasteiger partial charge in [0.05, 0.1) is 13.7 Å². The van der Waals surface area contributed by atoms with Crippen molar-refractivity contribution >= 4 is 10.0 Å². The molecule has 5 nitrogen and oxygen atoms in total. The molecule has 0 radical (unpaired) electrons. The molecule has 1 rings (SSSR count). The quantitative estimate of drug-likeness (QED) is 0.770. The van der Waals surface area contributed by atoms with Gasteiger partial charge in [-0.25, -0.2) is 13.1 Å². The van der Waals surface area contributed by atoms with E-state index in [1.807, 2.05) is 13.8 Å². The first-order valence-electron chi connectivity index (χ1n) is 6.78. The van der Waals surface area contributed by atoms with Gasteiger partial charge in [0.1, 0.15) is 10.6 Å². The van der Waals surface area contributed by atoms with Crippen LogP contribution in [-0.2, 0) is 16.6 Å². The van der Waals surface area contributed by atoms with Crippen LogP contribution in [0, 0.1) is 0 Å². The number of methoxy groups -OCH3 is 1. The summed E-state index contributed by atoms with van der Waals surface area (Å²) in [5.74, 6) is 0.246. The third kappa shape index (κ3) is 4.19. The molecule has 20 heavy (non-hydrogen) atoms. The van der Waals surface area contributed by atoms with E-state index in [4.69, 9.17) is 9.84 Å². The summed E-state index contributed by atoms with van der Waals surface area (Å²) in [4.78, 5) is 0.103. The molecular formula is C14H23NO4S. The lowest BCUT2D eigenvalue weighted by atomic mass is 10.1. The number of nitrogens with one attached hydrogen (secondary N) is 1. The summed E-state index contributed by atoms with van der Waals surface area (Å²) in [7, 11) is -2.20. The number of benzene rings is 1. The Morgan fingerprint density at radius 2 is 2.05 bits per heavy atom. The summed E-state index contributed by atoms with van der Waals surface area (Å²) in [6.07, 6.45) is 2.46. The predicted octanol–water partition coefficient (Wildman–Crippen LogP) is 2.04. The number of aliphatic hydroxyl groups excluding tert-OH is 1. The Balaban J connectivity index is 3.08. The first kappa shape index (κ1) is 16.9. The molecule has 0 saturated heterocycles. The second-order valence-corrected chi connectivity index (χ2v) is 6.34. The zero-order valence-electron chi connectivity index (χ0n) is 12.2. The molecule has 0 saturated carbocycles. The van der Waals surface area contributed by atoms with Crippen molar-refractivity contribution in [3.05, 3.63) is 23.8 Å². The lowest BCUT2D eigenvalue weighted by Crippen LogP contribution is -2.34. The van der Waals surface area contributed by atoms with Crippen molar-refractivity contribution in [1.82, 2.24) is 4.72 Å². The Morgan fingerprint density at radius 1 is 1.35 bits per heavy atom. The highest BCUT2D eigenvalue weighted by Crippen LogP contribution is 2.25. The van der Waals surface area contributed by atoms with Gasteiger partial charge in [0.25, 0.3) is 0 Å². The minimum atomic E-state index is -3.62. The minimum Gasteiger partial charge on any atom is -0.495 e. The number of sulfonamides is 1. The molecule has 114 valence electrons. The van der Waals surface area contributed by atoms with Gasteiger partial charge in [-0.05, 0) is 30.5 Å². The third-order valence-electron chi connectivity index (χ3n) is 3.15. The monoisotopic (exact) mass is 301 g/mol. The average Bonchev–Trinajstić information content (AvgIpc) is 2.45. The lowest BCUT2D eigenvalue weighted by Gasteiger charge is -2.18. The molecule has 1 unspecified atom stereocenters. The van der Waals surface area contributed by atoms with Crippen molar-refractivity contribution in [2.24, 2.45) is 0 Å². The van der Waals surface area contributed by atoms with E-state index in [1.54, 1.807) is 6.07 Å². The Morgan fingerprint density at radius 3 is 2.55 bits per heavy atom. The largest absolute Gasteiger partial charge is 0.495 e. The molecule has 0 aliphatic heterocycles. The van der Waals surface area contributed by atoms with Crippen molar-refractivity contribution in [3.63, 3.8) is 0 Å². The maximum atomic E-state index is 12.4. The SMILES string of the molecule is CCCC(CC)NS(=O)(=O)c1ccc(CO)cc1OC. The van der Waals surface area contributed by atoms with Crippen LogP contribution in [0.5, 0.6) is 5.75 Å². The fourth-order valence-corrected chi connectivity index (χ4v) is 3.51. The molecule has 0 spiro atoms. The maximum Gasteiger partial charge on any atom is 0.244 e. The number of rotatable bonds is 8. The van der Waals surface area contributed by atoms with E-state index in [0.717, 1.165) is 19.3 Å². The molecule has 1 aromatic carbocycles. The molecule has 1 aromatic rings. The van der Waals surface area contributed by atoms with Crippen LogP contribution in [0.25, 0.3) is 0 Å². The molecule has 6 heteroatoms. The minimum absolute atomic E-state index is 0.0766. The highest BCUT2D eigenvalue weighted by Gasteiger charge is 2.22. The van der Waals surface area contributed by atoms with Gasteiger partial charge < -0.3 is 9.84 Å². The summed E-state index contributed by atoms with van der Waals surface area (Å²) in [5, 5.41) is 9.08. The highest BCUT2D eigenvalue weighted by atomic mass is 32.2. The normalized spacial score (nSPS) is 13.2. The number of hydrogen-bond donors (Lipinski definition) is 2. The standard InChI is InChI=1S/C14H23NO4S/c1-4-6-12(5-2)15-20(17,18)14-8-7-11(10-16)9-13(14)19-3/h7-9,12,15-16H,4-6,10H2,1-3H3. The topological polar surface area (TPSA) is 75.6 Å². The van der Waals surface area contributed by atoms with Crippen molar-refractivity contribution in [2.75, 3.05) is 7.11 Å². The fourth-order valence-electron chi connectivity index (χ4n) is 2.01. The summed E-state index contributed by atoms with van der Waals surface area (Å²) >= 11 is 0. The Kier molecular flexibility index (Phi) is 6.45. The van der Waals surface area contributed by atoms with Crippen molar-refractivity contribution < 1.29 is 18.3 Å². The van der Waals surface area contributed by atoms with Gasteiger partial charge in [0.15, 0.2) is 0 Å². The van der Waals surface area contributed by atoms with E-state index in [0.29, 0.717) is 5.56 Å². The molecule has 0 amide bonds. The van der Waals surface area contributed by atoms with Crippen molar-refractivity contribution in [2.45, 2.75) is 50.7 Å². The zero-order valence-corrected chi connectivity index (χ0v) is 13.0. The van der Waals surface area contributed by atoms with Crippen LogP contribution < -0.4 is 9.46 Å². The van der Waals surface area contributed by atoms with Gasteiger partial charge in [0.2, 0.25) is 10.0 Å². The van der Waals surface area contributed by atoms with Gasteiger partial charge >= 0.3 is 0 Å². The average molecular weight is 301 g/mol. The van der Waals surface area contributed by atoms with E-state index < -0.39 is 10.0 Å². The third-order valence-corrected chi connectivity index (χ3v) is 4.71. The number of hydrogen-bond acceptors (Lipinski definition) is 4. The predicted molar refractivity (Wildman–Crippen MR) is 78.2 cm³/mol. The molecular weight excluding hydrogens is 278 g/mol. The van der Waals surface area contributed by atoms with E-state index in [-0.39, 0.29) is 23.3 Å². The Hall–Kier alpha value is -1.11. The molecule has 0 bridgehead atoms. The summed E-state index contributed by atoms with van der Waals surface area (Å²) in [5.41, 5.74) is 0.612. The van der Waals surface area contributed by atoms with Crippen molar-refractivity contribution in [3.8, 4) is 5.75 Å². The van der Waals surface area contributed by atoms with Crippen LogP contribution >= 0.6 is 0 Å². The summed E-state index contributed by atoms with van der Waals surface area (Å²) in [6, 6.07) is 4.51. The van der Waals surface area contributed by atoms with Crippen LogP contribution in [0.1, 0.15) is 38.7 Å². The lowest BCUT2D eigenvalue weighted by molar-refractivity contribution is 0.280. The number of ether oxygens (including phenoxy) is 1. The maximum absolute atomic E-state index is 12.4. The Labute approximate surface area is 121 Å². The molecule has 0 aromatic heterocycles. The molecule has 0 fully saturated rings. The second-order valence-electron chi connectivity index (χ2n) is 4.66. The first-order chi connectivity index (χ1) is 9.48. The van der Waals surface area contributed by atoms with Crippen molar-refractivity contribution in [1.29, 1.82) is 0 Å². The van der Waals surface area contributed by atoms with Crippen LogP contribution in [0.15, 0.2) is 23.1 Å².